The second-order valence-electron chi connectivity index (χ2n) is 4.62. The molecule has 0 amide bonds. The molecule has 2 rings (SSSR count). The molecule has 1 aromatic carbocycles. The molecule has 0 aliphatic carbocycles. The first-order valence-electron chi connectivity index (χ1n) is 6.01. The summed E-state index contributed by atoms with van der Waals surface area (Å²) in [6.45, 7) is 2.57. The van der Waals surface area contributed by atoms with Crippen LogP contribution in [0.25, 0.3) is 0 Å². The van der Waals surface area contributed by atoms with E-state index in [9.17, 15) is 8.42 Å². The molecular weight excluding hydrogens is 433 g/mol. The molecule has 1 aliphatic rings. The van der Waals surface area contributed by atoms with Crippen LogP contribution in [0.2, 0.25) is 5.02 Å². The highest BCUT2D eigenvalue weighted by Gasteiger charge is 2.33. The Balaban J connectivity index is 2.31. The topological polar surface area (TPSA) is 46.6 Å². The molecule has 20 heavy (non-hydrogen) atoms. The van der Waals surface area contributed by atoms with Gasteiger partial charge < -0.3 is 4.74 Å². The zero-order valence-electron chi connectivity index (χ0n) is 10.7. The Hall–Kier alpha value is 0.340. The number of hydrogen-bond acceptors (Lipinski definition) is 3. The minimum Gasteiger partial charge on any atom is -0.372 e. The van der Waals surface area contributed by atoms with Gasteiger partial charge in [-0.2, -0.15) is 4.31 Å². The molecule has 0 aromatic heterocycles. The van der Waals surface area contributed by atoms with Gasteiger partial charge in [-0.15, -0.1) is 0 Å². The predicted octanol–water partition coefficient (Wildman–Crippen LogP) is 3.28. The first-order chi connectivity index (χ1) is 9.34. The Morgan fingerprint density at radius 3 is 2.75 bits per heavy atom. The monoisotopic (exact) mass is 445 g/mol. The van der Waals surface area contributed by atoms with Crippen LogP contribution in [0.3, 0.4) is 0 Å². The molecule has 0 N–H and O–H groups in total. The molecular formula is C12H14Br2ClNO3S. The van der Waals surface area contributed by atoms with Crippen LogP contribution >= 0.6 is 43.5 Å². The fourth-order valence-corrected chi connectivity index (χ4v) is 4.65. The van der Waals surface area contributed by atoms with E-state index in [0.717, 1.165) is 0 Å². The van der Waals surface area contributed by atoms with E-state index in [2.05, 4.69) is 31.9 Å². The highest BCUT2D eigenvalue weighted by atomic mass is 79.9. The summed E-state index contributed by atoms with van der Waals surface area (Å²) in [6, 6.07) is 4.62. The van der Waals surface area contributed by atoms with Crippen LogP contribution in [-0.4, -0.2) is 43.4 Å². The standard InChI is InChI=1S/C12H14Br2ClNO3S/c1-8-6-16(7-9(5-13)19-8)20(17,18)10-2-3-12(15)11(14)4-10/h2-4,8-9H,5-7H2,1H3. The molecule has 0 saturated carbocycles. The number of rotatable bonds is 3. The van der Waals surface area contributed by atoms with Crippen molar-refractivity contribution in [3.05, 3.63) is 27.7 Å². The van der Waals surface area contributed by atoms with E-state index in [-0.39, 0.29) is 17.1 Å². The number of halogens is 3. The number of hydrogen-bond donors (Lipinski definition) is 0. The van der Waals surface area contributed by atoms with E-state index in [1.54, 1.807) is 6.07 Å². The zero-order chi connectivity index (χ0) is 14.9. The Kier molecular flexibility index (Phi) is 5.53. The average molecular weight is 448 g/mol. The van der Waals surface area contributed by atoms with Gasteiger partial charge in [0.15, 0.2) is 0 Å². The summed E-state index contributed by atoms with van der Waals surface area (Å²) in [7, 11) is -3.53. The van der Waals surface area contributed by atoms with Crippen molar-refractivity contribution in [2.75, 3.05) is 18.4 Å². The highest BCUT2D eigenvalue weighted by molar-refractivity contribution is 9.10. The summed E-state index contributed by atoms with van der Waals surface area (Å²) < 4.78 is 33.0. The quantitative estimate of drug-likeness (QED) is 0.668. The molecule has 0 bridgehead atoms. The Labute approximate surface area is 140 Å². The largest absolute Gasteiger partial charge is 0.372 e. The molecule has 1 heterocycles. The number of benzene rings is 1. The van der Waals surface area contributed by atoms with Crippen molar-refractivity contribution in [3.63, 3.8) is 0 Å². The second kappa shape index (κ2) is 6.62. The lowest BCUT2D eigenvalue weighted by molar-refractivity contribution is -0.0411. The lowest BCUT2D eigenvalue weighted by atomic mass is 10.3. The van der Waals surface area contributed by atoms with E-state index >= 15 is 0 Å². The third-order valence-corrected chi connectivity index (χ3v) is 6.76. The number of alkyl halides is 1. The van der Waals surface area contributed by atoms with Crippen LogP contribution in [0.15, 0.2) is 27.6 Å². The van der Waals surface area contributed by atoms with E-state index in [1.165, 1.54) is 16.4 Å². The van der Waals surface area contributed by atoms with Crippen molar-refractivity contribution < 1.29 is 13.2 Å². The van der Waals surface area contributed by atoms with Crippen LogP contribution in [-0.2, 0) is 14.8 Å². The number of sulfonamides is 1. The molecule has 2 unspecified atom stereocenters. The van der Waals surface area contributed by atoms with Crippen LogP contribution < -0.4 is 0 Å². The Morgan fingerprint density at radius 1 is 1.45 bits per heavy atom. The van der Waals surface area contributed by atoms with E-state index in [4.69, 9.17) is 16.3 Å². The second-order valence-corrected chi connectivity index (χ2v) is 8.47. The molecule has 0 spiro atoms. The maximum atomic E-state index is 12.6. The van der Waals surface area contributed by atoms with Gasteiger partial charge in [-0.05, 0) is 41.1 Å². The minimum absolute atomic E-state index is 0.128. The number of ether oxygens (including phenoxy) is 1. The summed E-state index contributed by atoms with van der Waals surface area (Å²) in [4.78, 5) is 0.233. The fraction of sp³-hybridized carbons (Fsp3) is 0.500. The van der Waals surface area contributed by atoms with Crippen molar-refractivity contribution in [3.8, 4) is 0 Å². The highest BCUT2D eigenvalue weighted by Crippen LogP contribution is 2.28. The minimum atomic E-state index is -3.53. The van der Waals surface area contributed by atoms with Gasteiger partial charge >= 0.3 is 0 Å². The van der Waals surface area contributed by atoms with Gasteiger partial charge in [-0.25, -0.2) is 8.42 Å². The maximum Gasteiger partial charge on any atom is 0.243 e. The van der Waals surface area contributed by atoms with E-state index in [0.29, 0.717) is 27.9 Å². The molecule has 2 atom stereocenters. The smallest absolute Gasteiger partial charge is 0.243 e. The lowest BCUT2D eigenvalue weighted by Gasteiger charge is -2.35. The third kappa shape index (κ3) is 3.56. The predicted molar refractivity (Wildman–Crippen MR) is 86.0 cm³/mol. The van der Waals surface area contributed by atoms with Crippen molar-refractivity contribution in [1.29, 1.82) is 0 Å². The van der Waals surface area contributed by atoms with Crippen molar-refractivity contribution in [2.45, 2.75) is 24.0 Å². The van der Waals surface area contributed by atoms with Gasteiger partial charge in [0.25, 0.3) is 0 Å². The van der Waals surface area contributed by atoms with Gasteiger partial charge in [-0.3, -0.25) is 0 Å². The molecule has 1 aliphatic heterocycles. The van der Waals surface area contributed by atoms with Gasteiger partial charge in [0, 0.05) is 22.9 Å². The van der Waals surface area contributed by atoms with Crippen molar-refractivity contribution in [1.82, 2.24) is 4.31 Å². The fourth-order valence-electron chi connectivity index (χ4n) is 2.07. The Morgan fingerprint density at radius 2 is 2.15 bits per heavy atom. The van der Waals surface area contributed by atoms with E-state index in [1.807, 2.05) is 6.92 Å². The molecule has 1 fully saturated rings. The molecule has 0 radical (unpaired) electrons. The van der Waals surface area contributed by atoms with E-state index < -0.39 is 10.0 Å². The molecule has 1 aromatic rings. The summed E-state index contributed by atoms with van der Waals surface area (Å²) >= 11 is 12.5. The van der Waals surface area contributed by atoms with Crippen LogP contribution in [0.4, 0.5) is 0 Å². The Bertz CT molecular complexity index is 596. The van der Waals surface area contributed by atoms with Gasteiger partial charge in [0.05, 0.1) is 22.1 Å². The molecule has 112 valence electrons. The average Bonchev–Trinajstić information content (AvgIpc) is 2.41. The molecule has 1 saturated heterocycles. The third-order valence-electron chi connectivity index (χ3n) is 2.99. The lowest BCUT2D eigenvalue weighted by Crippen LogP contribution is -2.49. The summed E-state index contributed by atoms with van der Waals surface area (Å²) in [5.41, 5.74) is 0. The summed E-state index contributed by atoms with van der Waals surface area (Å²) in [5.74, 6) is 0. The van der Waals surface area contributed by atoms with Gasteiger partial charge in [0.1, 0.15) is 0 Å². The van der Waals surface area contributed by atoms with Gasteiger partial charge in [-0.1, -0.05) is 27.5 Å². The first kappa shape index (κ1) is 16.7. The normalized spacial score (nSPS) is 24.8. The summed E-state index contributed by atoms with van der Waals surface area (Å²) in [5, 5.41) is 1.09. The van der Waals surface area contributed by atoms with Crippen molar-refractivity contribution in [2.24, 2.45) is 0 Å². The number of morpholine rings is 1. The molecule has 8 heteroatoms. The van der Waals surface area contributed by atoms with Crippen LogP contribution in [0, 0.1) is 0 Å². The van der Waals surface area contributed by atoms with Crippen LogP contribution in [0.5, 0.6) is 0 Å². The SMILES string of the molecule is CC1CN(S(=O)(=O)c2ccc(Cl)c(Br)c2)CC(CBr)O1. The number of nitrogens with zero attached hydrogens (tertiary/aromatic N) is 1. The maximum absolute atomic E-state index is 12.6. The van der Waals surface area contributed by atoms with Gasteiger partial charge in [0.2, 0.25) is 10.0 Å². The van der Waals surface area contributed by atoms with Crippen molar-refractivity contribution >= 4 is 53.5 Å². The zero-order valence-corrected chi connectivity index (χ0v) is 15.5. The summed E-state index contributed by atoms with van der Waals surface area (Å²) in [6.07, 6.45) is -0.263. The van der Waals surface area contributed by atoms with Crippen LogP contribution in [0.1, 0.15) is 6.92 Å². The first-order valence-corrected chi connectivity index (χ1v) is 9.74. The molecule has 4 nitrogen and oxygen atoms in total.